The number of hydrogen-bond donors (Lipinski definition) is 1. The smallest absolute Gasteiger partial charge is 0.127 e. The molecule has 0 fully saturated rings. The summed E-state index contributed by atoms with van der Waals surface area (Å²) in [6.07, 6.45) is 0.0514. The van der Waals surface area contributed by atoms with Gasteiger partial charge >= 0.3 is 0 Å². The lowest BCUT2D eigenvalue weighted by molar-refractivity contribution is 0.0908. The molecule has 4 heteroatoms. The number of benzene rings is 1. The van der Waals surface area contributed by atoms with Crippen LogP contribution in [0.5, 0.6) is 5.75 Å². The first kappa shape index (κ1) is 14.5. The summed E-state index contributed by atoms with van der Waals surface area (Å²) in [5.41, 5.74) is 2.29. The summed E-state index contributed by atoms with van der Waals surface area (Å²) in [6, 6.07) is 4.15. The fraction of sp³-hybridized carbons (Fsp3) is 0.538. The Hall–Kier alpha value is -0.580. The van der Waals surface area contributed by atoms with Crippen molar-refractivity contribution in [3.05, 3.63) is 27.7 Å². The highest BCUT2D eigenvalue weighted by molar-refractivity contribution is 9.10. The minimum absolute atomic E-state index is 0.0514. The van der Waals surface area contributed by atoms with E-state index < -0.39 is 0 Å². The molecule has 0 spiro atoms. The summed E-state index contributed by atoms with van der Waals surface area (Å²) < 4.78 is 12.1. The lowest BCUT2D eigenvalue weighted by Crippen LogP contribution is -2.20. The van der Waals surface area contributed by atoms with Crippen molar-refractivity contribution in [3.63, 3.8) is 0 Å². The zero-order valence-corrected chi connectivity index (χ0v) is 12.4. The van der Waals surface area contributed by atoms with Crippen LogP contribution in [0.15, 0.2) is 16.6 Å². The molecular weight excluding hydrogens is 282 g/mol. The maximum Gasteiger partial charge on any atom is 0.127 e. The zero-order chi connectivity index (χ0) is 12.8. The SMILES string of the molecule is CNCc1cc(Br)cc(C)c1OC(C)COC. The van der Waals surface area contributed by atoms with Crippen molar-refractivity contribution in [2.45, 2.75) is 26.5 Å². The van der Waals surface area contributed by atoms with E-state index in [2.05, 4.69) is 40.3 Å². The van der Waals surface area contributed by atoms with Gasteiger partial charge in [0.1, 0.15) is 11.9 Å². The van der Waals surface area contributed by atoms with Crippen molar-refractivity contribution in [3.8, 4) is 5.75 Å². The number of aryl methyl sites for hydroxylation is 1. The van der Waals surface area contributed by atoms with Crippen LogP contribution in [-0.2, 0) is 11.3 Å². The topological polar surface area (TPSA) is 30.5 Å². The second-order valence-corrected chi connectivity index (χ2v) is 5.04. The third-order valence-electron chi connectivity index (χ3n) is 2.40. The number of halogens is 1. The molecule has 1 aromatic rings. The molecule has 17 heavy (non-hydrogen) atoms. The summed E-state index contributed by atoms with van der Waals surface area (Å²) in [5, 5.41) is 3.15. The molecule has 1 N–H and O–H groups in total. The van der Waals surface area contributed by atoms with Crippen molar-refractivity contribution in [2.24, 2.45) is 0 Å². The molecule has 1 atom stereocenters. The van der Waals surface area contributed by atoms with Crippen LogP contribution in [0.1, 0.15) is 18.1 Å². The van der Waals surface area contributed by atoms with E-state index >= 15 is 0 Å². The summed E-state index contributed by atoms with van der Waals surface area (Å²) in [4.78, 5) is 0. The Morgan fingerprint density at radius 3 is 2.71 bits per heavy atom. The quantitative estimate of drug-likeness (QED) is 0.876. The Bertz CT molecular complexity index is 369. The van der Waals surface area contributed by atoms with E-state index in [9.17, 15) is 0 Å². The number of methoxy groups -OCH3 is 1. The van der Waals surface area contributed by atoms with Crippen molar-refractivity contribution in [1.82, 2.24) is 5.32 Å². The molecular formula is C13H20BrNO2. The highest BCUT2D eigenvalue weighted by Crippen LogP contribution is 2.28. The van der Waals surface area contributed by atoms with Gasteiger partial charge in [-0.05, 0) is 38.6 Å². The minimum atomic E-state index is 0.0514. The van der Waals surface area contributed by atoms with Crippen LogP contribution in [-0.4, -0.2) is 26.9 Å². The first-order valence-electron chi connectivity index (χ1n) is 5.67. The molecule has 0 saturated heterocycles. The van der Waals surface area contributed by atoms with Gasteiger partial charge in [0.2, 0.25) is 0 Å². The number of nitrogens with one attached hydrogen (secondary N) is 1. The highest BCUT2D eigenvalue weighted by atomic mass is 79.9. The number of rotatable bonds is 6. The van der Waals surface area contributed by atoms with Gasteiger partial charge in [0, 0.05) is 23.7 Å². The fourth-order valence-electron chi connectivity index (χ4n) is 1.76. The van der Waals surface area contributed by atoms with Crippen molar-refractivity contribution < 1.29 is 9.47 Å². The molecule has 1 aromatic carbocycles. The summed E-state index contributed by atoms with van der Waals surface area (Å²) in [5.74, 6) is 0.951. The lowest BCUT2D eigenvalue weighted by Gasteiger charge is -2.19. The second-order valence-electron chi connectivity index (χ2n) is 4.13. The van der Waals surface area contributed by atoms with Crippen molar-refractivity contribution in [1.29, 1.82) is 0 Å². The largest absolute Gasteiger partial charge is 0.488 e. The first-order chi connectivity index (χ1) is 8.08. The first-order valence-corrected chi connectivity index (χ1v) is 6.47. The van der Waals surface area contributed by atoms with E-state index in [0.29, 0.717) is 6.61 Å². The molecule has 0 saturated carbocycles. The monoisotopic (exact) mass is 301 g/mol. The van der Waals surface area contributed by atoms with Crippen LogP contribution >= 0.6 is 15.9 Å². The van der Waals surface area contributed by atoms with Gasteiger partial charge in [-0.25, -0.2) is 0 Å². The van der Waals surface area contributed by atoms with Crippen molar-refractivity contribution in [2.75, 3.05) is 20.8 Å². The molecule has 96 valence electrons. The summed E-state index contributed by atoms with van der Waals surface area (Å²) >= 11 is 3.51. The standard InChI is InChI=1S/C13H20BrNO2/c1-9-5-12(14)6-11(7-15-3)13(9)17-10(2)8-16-4/h5-6,10,15H,7-8H2,1-4H3. The molecule has 0 aliphatic rings. The molecule has 3 nitrogen and oxygen atoms in total. The molecule has 0 aliphatic carbocycles. The van der Waals surface area contributed by atoms with Gasteiger partial charge in [0.25, 0.3) is 0 Å². The Morgan fingerprint density at radius 2 is 2.12 bits per heavy atom. The van der Waals surface area contributed by atoms with Crippen LogP contribution in [0.2, 0.25) is 0 Å². The van der Waals surface area contributed by atoms with E-state index in [1.54, 1.807) is 7.11 Å². The van der Waals surface area contributed by atoms with Gasteiger partial charge in [-0.15, -0.1) is 0 Å². The number of hydrogen-bond acceptors (Lipinski definition) is 3. The Kier molecular flexibility index (Phi) is 5.95. The van der Waals surface area contributed by atoms with Gasteiger partial charge in [0.05, 0.1) is 6.61 Å². The van der Waals surface area contributed by atoms with Gasteiger partial charge in [-0.3, -0.25) is 0 Å². The van der Waals surface area contributed by atoms with E-state index in [-0.39, 0.29) is 6.10 Å². The second kappa shape index (κ2) is 6.99. The molecule has 1 rings (SSSR count). The van der Waals surface area contributed by atoms with Crippen LogP contribution < -0.4 is 10.1 Å². The molecule has 1 unspecified atom stereocenters. The Labute approximate surface area is 112 Å². The average molecular weight is 302 g/mol. The molecule has 0 aliphatic heterocycles. The van der Waals surface area contributed by atoms with E-state index in [4.69, 9.17) is 9.47 Å². The molecule has 0 heterocycles. The maximum absolute atomic E-state index is 5.94. The third-order valence-corrected chi connectivity index (χ3v) is 2.86. The normalized spacial score (nSPS) is 12.5. The summed E-state index contributed by atoms with van der Waals surface area (Å²) in [6.45, 7) is 5.44. The lowest BCUT2D eigenvalue weighted by atomic mass is 10.1. The van der Waals surface area contributed by atoms with Gasteiger partial charge in [0.15, 0.2) is 0 Å². The van der Waals surface area contributed by atoms with Gasteiger partial charge in [-0.1, -0.05) is 15.9 Å². The fourth-order valence-corrected chi connectivity index (χ4v) is 2.38. The molecule has 0 amide bonds. The molecule has 0 radical (unpaired) electrons. The average Bonchev–Trinajstić information content (AvgIpc) is 2.24. The molecule has 0 aromatic heterocycles. The van der Waals surface area contributed by atoms with E-state index in [1.165, 1.54) is 0 Å². The van der Waals surface area contributed by atoms with E-state index in [1.807, 2.05) is 14.0 Å². The van der Waals surface area contributed by atoms with Gasteiger partial charge in [-0.2, -0.15) is 0 Å². The zero-order valence-electron chi connectivity index (χ0n) is 10.8. The minimum Gasteiger partial charge on any atom is -0.488 e. The molecule has 0 bridgehead atoms. The van der Waals surface area contributed by atoms with Crippen LogP contribution in [0.4, 0.5) is 0 Å². The van der Waals surface area contributed by atoms with Crippen LogP contribution in [0.25, 0.3) is 0 Å². The predicted octanol–water partition coefficient (Wildman–Crippen LogP) is 2.89. The van der Waals surface area contributed by atoms with E-state index in [0.717, 1.165) is 27.9 Å². The Morgan fingerprint density at radius 1 is 1.41 bits per heavy atom. The predicted molar refractivity (Wildman–Crippen MR) is 73.6 cm³/mol. The van der Waals surface area contributed by atoms with Crippen LogP contribution in [0.3, 0.4) is 0 Å². The van der Waals surface area contributed by atoms with Crippen molar-refractivity contribution >= 4 is 15.9 Å². The summed E-state index contributed by atoms with van der Waals surface area (Å²) in [7, 11) is 3.61. The maximum atomic E-state index is 5.94. The number of ether oxygens (including phenoxy) is 2. The van der Waals surface area contributed by atoms with Crippen LogP contribution in [0, 0.1) is 6.92 Å². The highest BCUT2D eigenvalue weighted by Gasteiger charge is 2.12. The third kappa shape index (κ3) is 4.30. The Balaban J connectivity index is 2.95. The van der Waals surface area contributed by atoms with Gasteiger partial charge < -0.3 is 14.8 Å².